The molecule has 5 heteroatoms. The van der Waals surface area contributed by atoms with Crippen LogP contribution in [0.3, 0.4) is 0 Å². The first-order valence-corrected chi connectivity index (χ1v) is 5.21. The normalized spacial score (nSPS) is 9.60. The van der Waals surface area contributed by atoms with Crippen molar-refractivity contribution in [2.45, 2.75) is 20.8 Å². The molecule has 0 aliphatic carbocycles. The van der Waals surface area contributed by atoms with E-state index in [1.54, 1.807) is 4.90 Å². The molecule has 0 saturated carbocycles. The number of esters is 1. The van der Waals surface area contributed by atoms with Crippen LogP contribution in [-0.4, -0.2) is 55.1 Å². The van der Waals surface area contributed by atoms with Crippen LogP contribution in [0.25, 0.3) is 0 Å². The van der Waals surface area contributed by atoms with Crippen LogP contribution in [0.2, 0.25) is 0 Å². The number of likely N-dealkylation sites (N-methyl/N-ethyl adjacent to an activating group) is 1. The van der Waals surface area contributed by atoms with Gasteiger partial charge in [-0.1, -0.05) is 0 Å². The Morgan fingerprint density at radius 3 is 1.80 bits per heavy atom. The maximum absolute atomic E-state index is 11.8. The highest BCUT2D eigenvalue weighted by Crippen LogP contribution is 1.99. The first-order chi connectivity index (χ1) is 7.10. The molecule has 0 spiro atoms. The molecule has 0 radical (unpaired) electrons. The van der Waals surface area contributed by atoms with E-state index in [0.717, 1.165) is 0 Å². The van der Waals surface area contributed by atoms with E-state index < -0.39 is 5.97 Å². The molecule has 0 aliphatic heterocycles. The zero-order valence-corrected chi connectivity index (χ0v) is 9.95. The molecular formula is C10H20N2O3. The lowest BCUT2D eigenvalue weighted by Crippen LogP contribution is -2.45. The maximum atomic E-state index is 11.8. The van der Waals surface area contributed by atoms with Gasteiger partial charge in [-0.2, -0.15) is 0 Å². The third-order valence-corrected chi connectivity index (χ3v) is 2.23. The quantitative estimate of drug-likeness (QED) is 0.643. The summed E-state index contributed by atoms with van der Waals surface area (Å²) in [5, 5.41) is 0. The summed E-state index contributed by atoms with van der Waals surface area (Å²) in [6.45, 7) is 7.47. The van der Waals surface area contributed by atoms with Crippen molar-refractivity contribution in [1.82, 2.24) is 9.80 Å². The summed E-state index contributed by atoms with van der Waals surface area (Å²) in [5.74, 6) is -0.391. The van der Waals surface area contributed by atoms with Gasteiger partial charge in [0.25, 0.3) is 0 Å². The molecule has 0 aromatic heterocycles. The number of hydrogen-bond donors (Lipinski definition) is 0. The molecule has 5 nitrogen and oxygen atoms in total. The standard InChI is InChI=1S/C10H20N2O3/c1-5-11(6-2)10(14)12(7-3)8-9(13)15-4/h5-8H2,1-4H3. The predicted molar refractivity (Wildman–Crippen MR) is 57.6 cm³/mol. The van der Waals surface area contributed by atoms with Crippen LogP contribution in [0.1, 0.15) is 20.8 Å². The fourth-order valence-electron chi connectivity index (χ4n) is 1.23. The van der Waals surface area contributed by atoms with Crippen LogP contribution in [0, 0.1) is 0 Å². The second-order valence-corrected chi connectivity index (χ2v) is 3.05. The molecule has 0 saturated heterocycles. The number of amides is 2. The fourth-order valence-corrected chi connectivity index (χ4v) is 1.23. The maximum Gasteiger partial charge on any atom is 0.325 e. The van der Waals surface area contributed by atoms with E-state index in [4.69, 9.17) is 0 Å². The van der Waals surface area contributed by atoms with Crippen molar-refractivity contribution in [3.8, 4) is 0 Å². The van der Waals surface area contributed by atoms with E-state index >= 15 is 0 Å². The van der Waals surface area contributed by atoms with Crippen molar-refractivity contribution in [1.29, 1.82) is 0 Å². The van der Waals surface area contributed by atoms with E-state index in [-0.39, 0.29) is 12.6 Å². The Labute approximate surface area is 91.0 Å². The van der Waals surface area contributed by atoms with Gasteiger partial charge in [0.05, 0.1) is 7.11 Å². The lowest BCUT2D eigenvalue weighted by Gasteiger charge is -2.27. The van der Waals surface area contributed by atoms with Crippen LogP contribution < -0.4 is 0 Å². The third-order valence-electron chi connectivity index (χ3n) is 2.23. The molecule has 88 valence electrons. The summed E-state index contributed by atoms with van der Waals surface area (Å²) in [6.07, 6.45) is 0. The highest BCUT2D eigenvalue weighted by atomic mass is 16.5. The smallest absolute Gasteiger partial charge is 0.325 e. The van der Waals surface area contributed by atoms with Crippen molar-refractivity contribution in [2.75, 3.05) is 33.3 Å². The molecule has 0 heterocycles. The lowest BCUT2D eigenvalue weighted by molar-refractivity contribution is -0.141. The highest BCUT2D eigenvalue weighted by molar-refractivity contribution is 5.80. The van der Waals surface area contributed by atoms with E-state index in [2.05, 4.69) is 4.74 Å². The molecule has 0 unspecified atom stereocenters. The van der Waals surface area contributed by atoms with Gasteiger partial charge in [-0.15, -0.1) is 0 Å². The Morgan fingerprint density at radius 1 is 1.00 bits per heavy atom. The SMILES string of the molecule is CCN(CC)C(=O)N(CC)CC(=O)OC. The average Bonchev–Trinajstić information content (AvgIpc) is 2.26. The molecule has 0 atom stereocenters. The van der Waals surface area contributed by atoms with Gasteiger partial charge in [0.2, 0.25) is 0 Å². The van der Waals surface area contributed by atoms with Gasteiger partial charge in [0.15, 0.2) is 0 Å². The molecule has 15 heavy (non-hydrogen) atoms. The minimum Gasteiger partial charge on any atom is -0.468 e. The van der Waals surface area contributed by atoms with Crippen LogP contribution in [0.15, 0.2) is 0 Å². The molecule has 0 aliphatic rings. The zero-order valence-electron chi connectivity index (χ0n) is 9.95. The lowest BCUT2D eigenvalue weighted by atomic mass is 10.4. The first kappa shape index (κ1) is 13.7. The van der Waals surface area contributed by atoms with Crippen molar-refractivity contribution in [3.63, 3.8) is 0 Å². The predicted octanol–water partition coefficient (Wildman–Crippen LogP) is 0.943. The van der Waals surface area contributed by atoms with Crippen LogP contribution in [0.5, 0.6) is 0 Å². The molecule has 0 fully saturated rings. The Morgan fingerprint density at radius 2 is 1.47 bits per heavy atom. The van der Waals surface area contributed by atoms with Gasteiger partial charge in [-0.25, -0.2) is 4.79 Å². The highest BCUT2D eigenvalue weighted by Gasteiger charge is 2.19. The van der Waals surface area contributed by atoms with Gasteiger partial charge < -0.3 is 14.5 Å². The molecule has 0 aromatic carbocycles. The zero-order chi connectivity index (χ0) is 11.8. The number of hydrogen-bond acceptors (Lipinski definition) is 3. The van der Waals surface area contributed by atoms with Gasteiger partial charge in [-0.05, 0) is 20.8 Å². The number of rotatable bonds is 5. The average molecular weight is 216 g/mol. The van der Waals surface area contributed by atoms with E-state index in [1.165, 1.54) is 12.0 Å². The van der Waals surface area contributed by atoms with E-state index in [1.807, 2.05) is 20.8 Å². The molecule has 0 aromatic rings. The van der Waals surface area contributed by atoms with Crippen molar-refractivity contribution < 1.29 is 14.3 Å². The summed E-state index contributed by atoms with van der Waals surface area (Å²) in [6, 6.07) is -0.118. The van der Waals surface area contributed by atoms with Crippen molar-refractivity contribution in [3.05, 3.63) is 0 Å². The monoisotopic (exact) mass is 216 g/mol. The topological polar surface area (TPSA) is 49.9 Å². The second kappa shape index (κ2) is 7.09. The van der Waals surface area contributed by atoms with Gasteiger partial charge in [0, 0.05) is 19.6 Å². The largest absolute Gasteiger partial charge is 0.468 e. The molecular weight excluding hydrogens is 196 g/mol. The second-order valence-electron chi connectivity index (χ2n) is 3.05. The number of ether oxygens (including phenoxy) is 1. The summed E-state index contributed by atoms with van der Waals surface area (Å²) in [7, 11) is 1.32. The Bertz CT molecular complexity index is 215. The summed E-state index contributed by atoms with van der Waals surface area (Å²) >= 11 is 0. The number of methoxy groups -OCH3 is 1. The Kier molecular flexibility index (Phi) is 6.49. The van der Waals surface area contributed by atoms with Crippen LogP contribution in [-0.2, 0) is 9.53 Å². The number of nitrogens with zero attached hydrogens (tertiary/aromatic N) is 2. The minimum atomic E-state index is -0.391. The first-order valence-electron chi connectivity index (χ1n) is 5.21. The van der Waals surface area contributed by atoms with Crippen molar-refractivity contribution in [2.24, 2.45) is 0 Å². The van der Waals surface area contributed by atoms with Crippen molar-refractivity contribution >= 4 is 12.0 Å². The number of urea groups is 1. The molecule has 0 N–H and O–H groups in total. The van der Waals surface area contributed by atoms with Crippen LogP contribution >= 0.6 is 0 Å². The van der Waals surface area contributed by atoms with Gasteiger partial charge >= 0.3 is 12.0 Å². The number of carbonyl (C=O) groups excluding carboxylic acids is 2. The van der Waals surface area contributed by atoms with Gasteiger partial charge in [-0.3, -0.25) is 4.79 Å². The number of carbonyl (C=O) groups is 2. The van der Waals surface area contributed by atoms with Crippen LogP contribution in [0.4, 0.5) is 4.79 Å². The summed E-state index contributed by atoms with van der Waals surface area (Å²) in [5.41, 5.74) is 0. The van der Waals surface area contributed by atoms with E-state index in [9.17, 15) is 9.59 Å². The van der Waals surface area contributed by atoms with Gasteiger partial charge in [0.1, 0.15) is 6.54 Å². The third kappa shape index (κ3) is 4.18. The molecule has 2 amide bonds. The minimum absolute atomic E-state index is 0.0162. The molecule has 0 bridgehead atoms. The Balaban J connectivity index is 4.38. The fraction of sp³-hybridized carbons (Fsp3) is 0.800. The molecule has 0 rings (SSSR count). The summed E-state index contributed by atoms with van der Waals surface area (Å²) < 4.78 is 4.53. The summed E-state index contributed by atoms with van der Waals surface area (Å²) in [4.78, 5) is 26.0. The Hall–Kier alpha value is -1.26. The van der Waals surface area contributed by atoms with E-state index in [0.29, 0.717) is 19.6 Å².